The molecule has 0 bridgehead atoms. The third-order valence-electron chi connectivity index (χ3n) is 6.50. The Morgan fingerprint density at radius 3 is 2.33 bits per heavy atom. The Bertz CT molecular complexity index is 1260. The fourth-order valence-electron chi connectivity index (χ4n) is 4.48. The van der Waals surface area contributed by atoms with Crippen LogP contribution >= 0.6 is 0 Å². The first-order valence-electron chi connectivity index (χ1n) is 11.0. The van der Waals surface area contributed by atoms with Crippen molar-refractivity contribution in [1.29, 1.82) is 0 Å². The van der Waals surface area contributed by atoms with E-state index in [1.165, 1.54) is 29.1 Å². The number of aryl methyl sites for hydroxylation is 1. The van der Waals surface area contributed by atoms with Gasteiger partial charge >= 0.3 is 0 Å². The lowest BCUT2D eigenvalue weighted by atomic mass is 10.0. The number of hydrogen-bond donors (Lipinski definition) is 0. The number of anilines is 2. The average molecular weight is 441 g/mol. The van der Waals surface area contributed by atoms with Crippen LogP contribution in [0.5, 0.6) is 0 Å². The average Bonchev–Trinajstić information content (AvgIpc) is 3.10. The van der Waals surface area contributed by atoms with Gasteiger partial charge in [0.2, 0.25) is 0 Å². The summed E-state index contributed by atoms with van der Waals surface area (Å²) in [5.74, 6) is -0.730. The van der Waals surface area contributed by atoms with Gasteiger partial charge in [-0.25, -0.2) is 9.88 Å². The van der Waals surface area contributed by atoms with Crippen LogP contribution in [-0.4, -0.2) is 53.8 Å². The maximum absolute atomic E-state index is 13.2. The van der Waals surface area contributed by atoms with Crippen molar-refractivity contribution in [3.63, 3.8) is 0 Å². The monoisotopic (exact) mass is 440 g/mol. The fourth-order valence-corrected chi connectivity index (χ4v) is 4.48. The minimum atomic E-state index is -0.455. The molecule has 0 unspecified atom stereocenters. The van der Waals surface area contributed by atoms with E-state index < -0.39 is 11.8 Å². The van der Waals surface area contributed by atoms with Crippen molar-refractivity contribution in [2.45, 2.75) is 13.8 Å². The molecule has 3 aromatic rings. The molecular weight excluding hydrogens is 416 g/mol. The highest BCUT2D eigenvalue weighted by atomic mass is 16.2. The summed E-state index contributed by atoms with van der Waals surface area (Å²) < 4.78 is 0. The maximum atomic E-state index is 13.2. The third-order valence-corrected chi connectivity index (χ3v) is 6.50. The summed E-state index contributed by atoms with van der Waals surface area (Å²) in [5, 5.41) is 0. The highest BCUT2D eigenvalue weighted by molar-refractivity contribution is 6.34. The minimum absolute atomic E-state index is 0.130. The number of benzene rings is 2. The zero-order valence-electron chi connectivity index (χ0n) is 18.6. The number of imide groups is 1. The van der Waals surface area contributed by atoms with Gasteiger partial charge < -0.3 is 9.80 Å². The molecule has 5 rings (SSSR count). The number of nitrogens with zero attached hydrogens (tertiary/aromatic N) is 4. The summed E-state index contributed by atoms with van der Waals surface area (Å²) in [6, 6.07) is 16.1. The molecule has 166 valence electrons. The molecular formula is C26H24N4O3. The van der Waals surface area contributed by atoms with Gasteiger partial charge in [-0.1, -0.05) is 18.2 Å². The molecule has 33 heavy (non-hydrogen) atoms. The second kappa shape index (κ2) is 8.16. The molecule has 0 N–H and O–H groups in total. The van der Waals surface area contributed by atoms with Gasteiger partial charge in [-0.2, -0.15) is 0 Å². The molecule has 2 aliphatic rings. The van der Waals surface area contributed by atoms with Gasteiger partial charge in [-0.3, -0.25) is 14.4 Å². The number of piperazine rings is 1. The smallest absolute Gasteiger partial charge is 0.267 e. The second-order valence-corrected chi connectivity index (χ2v) is 8.39. The second-order valence-electron chi connectivity index (χ2n) is 8.39. The van der Waals surface area contributed by atoms with E-state index in [0.29, 0.717) is 24.2 Å². The fraction of sp³-hybridized carbons (Fsp3) is 0.231. The standard InChI is InChI=1S/C26H24N4O3/c1-17-6-5-7-22(18(17)2)28-12-14-29(15-13-28)24(31)19-9-10-20-21(16-19)26(33)30(25(20)32)23-8-3-4-11-27-23/h3-11,16H,12-15H2,1-2H3. The molecule has 3 heterocycles. The van der Waals surface area contributed by atoms with Gasteiger partial charge in [0.05, 0.1) is 11.1 Å². The van der Waals surface area contributed by atoms with Crippen LogP contribution in [0.4, 0.5) is 11.5 Å². The van der Waals surface area contributed by atoms with E-state index in [1.54, 1.807) is 35.2 Å². The van der Waals surface area contributed by atoms with Gasteiger partial charge in [0.1, 0.15) is 5.82 Å². The normalized spacial score (nSPS) is 15.8. The van der Waals surface area contributed by atoms with E-state index >= 15 is 0 Å². The van der Waals surface area contributed by atoms with Crippen molar-refractivity contribution in [3.05, 3.63) is 88.6 Å². The molecule has 0 radical (unpaired) electrons. The Labute approximate surface area is 192 Å². The molecule has 1 fully saturated rings. The largest absolute Gasteiger partial charge is 0.368 e. The minimum Gasteiger partial charge on any atom is -0.368 e. The van der Waals surface area contributed by atoms with Crippen LogP contribution in [0.15, 0.2) is 60.8 Å². The van der Waals surface area contributed by atoms with Gasteiger partial charge in [0.15, 0.2) is 0 Å². The van der Waals surface area contributed by atoms with Crippen LogP contribution < -0.4 is 9.80 Å². The van der Waals surface area contributed by atoms with Crippen molar-refractivity contribution in [2.24, 2.45) is 0 Å². The molecule has 1 aromatic heterocycles. The summed E-state index contributed by atoms with van der Waals surface area (Å²) in [6.07, 6.45) is 1.53. The Morgan fingerprint density at radius 1 is 0.848 bits per heavy atom. The van der Waals surface area contributed by atoms with Crippen LogP contribution in [0.25, 0.3) is 0 Å². The Balaban J connectivity index is 1.33. The summed E-state index contributed by atoms with van der Waals surface area (Å²) in [5.41, 5.74) is 4.67. The number of hydrogen-bond acceptors (Lipinski definition) is 5. The first kappa shape index (κ1) is 20.9. The van der Waals surface area contributed by atoms with Crippen molar-refractivity contribution < 1.29 is 14.4 Å². The zero-order chi connectivity index (χ0) is 23.1. The van der Waals surface area contributed by atoms with Gasteiger partial charge in [0, 0.05) is 43.6 Å². The molecule has 7 heteroatoms. The molecule has 2 aliphatic heterocycles. The lowest BCUT2D eigenvalue weighted by molar-refractivity contribution is 0.0746. The highest BCUT2D eigenvalue weighted by Crippen LogP contribution is 2.29. The SMILES string of the molecule is Cc1cccc(N2CCN(C(=O)c3ccc4c(c3)C(=O)N(c3ccccn3)C4=O)CC2)c1C. The van der Waals surface area contributed by atoms with Crippen molar-refractivity contribution in [1.82, 2.24) is 9.88 Å². The van der Waals surface area contributed by atoms with Crippen LogP contribution in [0.2, 0.25) is 0 Å². The number of carbonyl (C=O) groups is 3. The molecule has 2 aromatic carbocycles. The molecule has 0 spiro atoms. The zero-order valence-corrected chi connectivity index (χ0v) is 18.6. The van der Waals surface area contributed by atoms with Gasteiger partial charge in [-0.15, -0.1) is 0 Å². The Morgan fingerprint density at radius 2 is 1.61 bits per heavy atom. The number of amides is 3. The van der Waals surface area contributed by atoms with E-state index in [9.17, 15) is 14.4 Å². The quantitative estimate of drug-likeness (QED) is 0.583. The van der Waals surface area contributed by atoms with E-state index in [2.05, 4.69) is 41.9 Å². The first-order chi connectivity index (χ1) is 16.0. The number of pyridine rings is 1. The lowest BCUT2D eigenvalue weighted by Crippen LogP contribution is -2.49. The molecule has 3 amide bonds. The Hall–Kier alpha value is -4.00. The summed E-state index contributed by atoms with van der Waals surface area (Å²) in [4.78, 5) is 48.2. The maximum Gasteiger partial charge on any atom is 0.267 e. The molecule has 0 atom stereocenters. The van der Waals surface area contributed by atoms with Crippen LogP contribution in [0, 0.1) is 13.8 Å². The van der Waals surface area contributed by atoms with E-state index in [4.69, 9.17) is 0 Å². The van der Waals surface area contributed by atoms with Gasteiger partial charge in [-0.05, 0) is 61.4 Å². The molecule has 1 saturated heterocycles. The predicted molar refractivity (Wildman–Crippen MR) is 126 cm³/mol. The Kier molecular flexibility index (Phi) is 5.17. The van der Waals surface area contributed by atoms with E-state index in [1.807, 2.05) is 0 Å². The van der Waals surface area contributed by atoms with Crippen molar-refractivity contribution >= 4 is 29.2 Å². The van der Waals surface area contributed by atoms with Crippen molar-refractivity contribution in [3.8, 4) is 0 Å². The number of fused-ring (bicyclic) bond motifs is 1. The van der Waals surface area contributed by atoms with Gasteiger partial charge in [0.25, 0.3) is 17.7 Å². The summed E-state index contributed by atoms with van der Waals surface area (Å²) in [7, 11) is 0. The van der Waals surface area contributed by atoms with E-state index in [-0.39, 0.29) is 17.3 Å². The van der Waals surface area contributed by atoms with Crippen LogP contribution in [-0.2, 0) is 0 Å². The summed E-state index contributed by atoms with van der Waals surface area (Å²) >= 11 is 0. The highest BCUT2D eigenvalue weighted by Gasteiger charge is 2.38. The number of aromatic nitrogens is 1. The third kappa shape index (κ3) is 3.55. The predicted octanol–water partition coefficient (Wildman–Crippen LogP) is 3.46. The van der Waals surface area contributed by atoms with Crippen molar-refractivity contribution in [2.75, 3.05) is 36.0 Å². The topological polar surface area (TPSA) is 73.8 Å². The molecule has 0 saturated carbocycles. The summed E-state index contributed by atoms with van der Waals surface area (Å²) in [6.45, 7) is 6.90. The lowest BCUT2D eigenvalue weighted by Gasteiger charge is -2.37. The molecule has 0 aliphatic carbocycles. The first-order valence-corrected chi connectivity index (χ1v) is 11.0. The number of carbonyl (C=O) groups excluding carboxylic acids is 3. The number of rotatable bonds is 3. The van der Waals surface area contributed by atoms with Crippen LogP contribution in [0.3, 0.4) is 0 Å². The van der Waals surface area contributed by atoms with Crippen LogP contribution in [0.1, 0.15) is 42.2 Å². The van der Waals surface area contributed by atoms with E-state index in [0.717, 1.165) is 18.0 Å². The molecule has 7 nitrogen and oxygen atoms in total.